The molecule has 4 heteroatoms. The fraction of sp³-hybridized carbons (Fsp3) is 0.273. The van der Waals surface area contributed by atoms with Crippen LogP contribution in [0.25, 0.3) is 0 Å². The third-order valence-corrected chi connectivity index (χ3v) is 2.42. The van der Waals surface area contributed by atoms with Gasteiger partial charge in [-0.1, -0.05) is 19.1 Å². The minimum absolute atomic E-state index is 0.117. The van der Waals surface area contributed by atoms with Crippen LogP contribution in [0.2, 0.25) is 0 Å². The third kappa shape index (κ3) is 1.83. The van der Waals surface area contributed by atoms with Gasteiger partial charge in [-0.05, 0) is 24.1 Å². The predicted molar refractivity (Wildman–Crippen MR) is 56.7 cm³/mol. The van der Waals surface area contributed by atoms with E-state index in [1.165, 1.54) is 4.90 Å². The van der Waals surface area contributed by atoms with Crippen LogP contribution in [0.15, 0.2) is 24.3 Å². The van der Waals surface area contributed by atoms with Crippen molar-refractivity contribution in [1.82, 2.24) is 5.32 Å². The number of amides is 3. The van der Waals surface area contributed by atoms with E-state index in [9.17, 15) is 9.59 Å². The molecule has 0 aromatic heterocycles. The molecule has 0 aliphatic carbocycles. The SMILES string of the molecule is CCc1cccc(N2CC(=O)NC2=O)c1. The molecule has 1 fully saturated rings. The van der Waals surface area contributed by atoms with Gasteiger partial charge in [0.25, 0.3) is 0 Å². The number of nitrogens with zero attached hydrogens (tertiary/aromatic N) is 1. The van der Waals surface area contributed by atoms with Gasteiger partial charge in [-0.3, -0.25) is 15.0 Å². The normalized spacial score (nSPS) is 15.7. The number of anilines is 1. The predicted octanol–water partition coefficient (Wildman–Crippen LogP) is 1.31. The number of imide groups is 1. The van der Waals surface area contributed by atoms with Gasteiger partial charge in [-0.25, -0.2) is 4.79 Å². The Morgan fingerprint density at radius 1 is 1.40 bits per heavy atom. The number of carbonyl (C=O) groups excluding carboxylic acids is 2. The van der Waals surface area contributed by atoms with Crippen LogP contribution in [0.3, 0.4) is 0 Å². The fourth-order valence-corrected chi connectivity index (χ4v) is 1.59. The summed E-state index contributed by atoms with van der Waals surface area (Å²) in [5, 5.41) is 2.25. The molecule has 1 aliphatic heterocycles. The molecule has 2 rings (SSSR count). The van der Waals surface area contributed by atoms with Gasteiger partial charge in [-0.2, -0.15) is 0 Å². The summed E-state index contributed by atoms with van der Waals surface area (Å²) in [5.41, 5.74) is 1.93. The molecule has 0 radical (unpaired) electrons. The quantitative estimate of drug-likeness (QED) is 0.738. The summed E-state index contributed by atoms with van der Waals surface area (Å²) in [5.74, 6) is -0.248. The van der Waals surface area contributed by atoms with Gasteiger partial charge in [0.2, 0.25) is 5.91 Å². The summed E-state index contributed by atoms with van der Waals surface area (Å²) >= 11 is 0. The van der Waals surface area contributed by atoms with Gasteiger partial charge in [-0.15, -0.1) is 0 Å². The van der Waals surface area contributed by atoms with Crippen LogP contribution >= 0.6 is 0 Å². The van der Waals surface area contributed by atoms with E-state index in [0.29, 0.717) is 0 Å². The lowest BCUT2D eigenvalue weighted by molar-refractivity contribution is -0.117. The maximum absolute atomic E-state index is 11.4. The highest BCUT2D eigenvalue weighted by Crippen LogP contribution is 2.18. The Morgan fingerprint density at radius 2 is 2.20 bits per heavy atom. The Morgan fingerprint density at radius 3 is 2.80 bits per heavy atom. The molecule has 1 saturated heterocycles. The molecule has 0 atom stereocenters. The second kappa shape index (κ2) is 3.73. The van der Waals surface area contributed by atoms with Crippen molar-refractivity contribution in [1.29, 1.82) is 0 Å². The van der Waals surface area contributed by atoms with Gasteiger partial charge in [0.05, 0.1) is 0 Å². The first-order valence-electron chi connectivity index (χ1n) is 4.91. The smallest absolute Gasteiger partial charge is 0.285 e. The molecule has 0 saturated carbocycles. The van der Waals surface area contributed by atoms with Crippen LogP contribution in [0.1, 0.15) is 12.5 Å². The standard InChI is InChI=1S/C11H12N2O2/c1-2-8-4-3-5-9(6-8)13-7-10(14)12-11(13)15/h3-6H,2,7H2,1H3,(H,12,14,15). The van der Waals surface area contributed by atoms with Crippen LogP contribution in [0, 0.1) is 0 Å². The summed E-state index contributed by atoms with van der Waals surface area (Å²) in [6.45, 7) is 2.17. The summed E-state index contributed by atoms with van der Waals surface area (Å²) in [7, 11) is 0. The van der Waals surface area contributed by atoms with E-state index in [2.05, 4.69) is 5.32 Å². The monoisotopic (exact) mass is 204 g/mol. The molecule has 0 spiro atoms. The second-order valence-corrected chi connectivity index (χ2v) is 3.46. The molecule has 1 aliphatic rings. The fourth-order valence-electron chi connectivity index (χ4n) is 1.59. The highest BCUT2D eigenvalue weighted by atomic mass is 16.2. The lowest BCUT2D eigenvalue weighted by atomic mass is 10.1. The Bertz CT molecular complexity index is 415. The molecule has 78 valence electrons. The van der Waals surface area contributed by atoms with Crippen LogP contribution in [-0.2, 0) is 11.2 Å². The molecule has 3 amide bonds. The molecule has 1 aromatic rings. The van der Waals surface area contributed by atoms with Crippen molar-refractivity contribution in [2.75, 3.05) is 11.4 Å². The number of nitrogens with one attached hydrogen (secondary N) is 1. The van der Waals surface area contributed by atoms with Gasteiger partial charge in [0.1, 0.15) is 6.54 Å². The van der Waals surface area contributed by atoms with Crippen molar-refractivity contribution < 1.29 is 9.59 Å². The van der Waals surface area contributed by atoms with Crippen molar-refractivity contribution in [3.8, 4) is 0 Å². The summed E-state index contributed by atoms with van der Waals surface area (Å²) < 4.78 is 0. The lowest BCUT2D eigenvalue weighted by Gasteiger charge is -2.13. The molecule has 1 heterocycles. The van der Waals surface area contributed by atoms with Crippen LogP contribution in [-0.4, -0.2) is 18.5 Å². The highest BCUT2D eigenvalue weighted by Gasteiger charge is 2.27. The van der Waals surface area contributed by atoms with E-state index < -0.39 is 0 Å². The third-order valence-electron chi connectivity index (χ3n) is 2.42. The summed E-state index contributed by atoms with van der Waals surface area (Å²) in [6, 6.07) is 7.31. The van der Waals surface area contributed by atoms with E-state index in [1.54, 1.807) is 0 Å². The molecule has 1 N–H and O–H groups in total. The largest absolute Gasteiger partial charge is 0.329 e. The van der Waals surface area contributed by atoms with Gasteiger partial charge < -0.3 is 0 Å². The molecular weight excluding hydrogens is 192 g/mol. The van der Waals surface area contributed by atoms with Gasteiger partial charge in [0.15, 0.2) is 0 Å². The average Bonchev–Trinajstić information content (AvgIpc) is 2.58. The average molecular weight is 204 g/mol. The molecule has 1 aromatic carbocycles. The summed E-state index contributed by atoms with van der Waals surface area (Å²) in [4.78, 5) is 23.8. The lowest BCUT2D eigenvalue weighted by Crippen LogP contribution is -2.27. The van der Waals surface area contributed by atoms with E-state index in [-0.39, 0.29) is 18.5 Å². The van der Waals surface area contributed by atoms with E-state index in [4.69, 9.17) is 0 Å². The Hall–Kier alpha value is -1.84. The topological polar surface area (TPSA) is 49.4 Å². The molecule has 4 nitrogen and oxygen atoms in total. The molecule has 15 heavy (non-hydrogen) atoms. The first-order chi connectivity index (χ1) is 7.20. The van der Waals surface area contributed by atoms with Crippen molar-refractivity contribution in [2.24, 2.45) is 0 Å². The molecule has 0 bridgehead atoms. The number of urea groups is 1. The van der Waals surface area contributed by atoms with E-state index >= 15 is 0 Å². The zero-order valence-electron chi connectivity index (χ0n) is 8.49. The Labute approximate surface area is 87.9 Å². The Kier molecular flexibility index (Phi) is 2.41. The van der Waals surface area contributed by atoms with E-state index in [1.807, 2.05) is 31.2 Å². The zero-order valence-corrected chi connectivity index (χ0v) is 8.49. The first-order valence-corrected chi connectivity index (χ1v) is 4.91. The number of hydrogen-bond donors (Lipinski definition) is 1. The van der Waals surface area contributed by atoms with Gasteiger partial charge >= 0.3 is 6.03 Å². The number of aryl methyl sites for hydroxylation is 1. The molecular formula is C11H12N2O2. The minimum Gasteiger partial charge on any atom is -0.285 e. The van der Waals surface area contributed by atoms with Crippen molar-refractivity contribution in [3.63, 3.8) is 0 Å². The minimum atomic E-state index is -0.340. The van der Waals surface area contributed by atoms with Crippen LogP contribution < -0.4 is 10.2 Å². The maximum Gasteiger partial charge on any atom is 0.329 e. The van der Waals surface area contributed by atoms with Gasteiger partial charge in [0, 0.05) is 5.69 Å². The second-order valence-electron chi connectivity index (χ2n) is 3.46. The van der Waals surface area contributed by atoms with Crippen molar-refractivity contribution in [3.05, 3.63) is 29.8 Å². The number of rotatable bonds is 2. The summed E-state index contributed by atoms with van der Waals surface area (Å²) in [6.07, 6.45) is 0.914. The number of benzene rings is 1. The number of carbonyl (C=O) groups is 2. The molecule has 0 unspecified atom stereocenters. The Balaban J connectivity index is 2.29. The van der Waals surface area contributed by atoms with Crippen molar-refractivity contribution >= 4 is 17.6 Å². The first kappa shape index (κ1) is 9.71. The maximum atomic E-state index is 11.4. The highest BCUT2D eigenvalue weighted by molar-refractivity contribution is 6.12. The van der Waals surface area contributed by atoms with Crippen LogP contribution in [0.4, 0.5) is 10.5 Å². The van der Waals surface area contributed by atoms with Crippen LogP contribution in [0.5, 0.6) is 0 Å². The number of hydrogen-bond acceptors (Lipinski definition) is 2. The zero-order chi connectivity index (χ0) is 10.8. The van der Waals surface area contributed by atoms with E-state index in [0.717, 1.165) is 17.7 Å². The van der Waals surface area contributed by atoms with Crippen molar-refractivity contribution in [2.45, 2.75) is 13.3 Å².